The van der Waals surface area contributed by atoms with Gasteiger partial charge in [0.25, 0.3) is 0 Å². The number of hydrogen-bond donors (Lipinski definition) is 2. The molecule has 2 fully saturated rings. The van der Waals surface area contributed by atoms with Gasteiger partial charge in [-0.05, 0) is 83.7 Å². The summed E-state index contributed by atoms with van der Waals surface area (Å²) < 4.78 is 0. The highest BCUT2D eigenvalue weighted by Crippen LogP contribution is 2.28. The van der Waals surface area contributed by atoms with E-state index in [-0.39, 0.29) is 24.0 Å². The third kappa shape index (κ3) is 11.6. The van der Waals surface area contributed by atoms with Crippen LogP contribution in [0.15, 0.2) is 59.4 Å². The predicted molar refractivity (Wildman–Crippen MR) is 189 cm³/mol. The molecular weight excluding hydrogens is 544 g/mol. The van der Waals surface area contributed by atoms with Crippen molar-refractivity contribution < 1.29 is 4.79 Å². The Morgan fingerprint density at radius 3 is 2.34 bits per heavy atom. The highest BCUT2D eigenvalue weighted by molar-refractivity contribution is 6.09. The number of carbonyl (C=O) groups excluding carboxylic acids is 1. The number of likely N-dealkylation sites (N-methyl/N-ethyl adjacent to an activating group) is 1. The number of amides is 1. The third-order valence-electron chi connectivity index (χ3n) is 8.43. The molecule has 2 aliphatic heterocycles. The summed E-state index contributed by atoms with van der Waals surface area (Å²) in [4.78, 5) is 24.7. The minimum atomic E-state index is -0.264. The molecule has 4 rings (SSSR count). The molecule has 1 saturated carbocycles. The Labute approximate surface area is 269 Å². The van der Waals surface area contributed by atoms with Gasteiger partial charge in [-0.2, -0.15) is 0 Å². The van der Waals surface area contributed by atoms with Gasteiger partial charge in [-0.15, -0.1) is 6.58 Å². The third-order valence-corrected chi connectivity index (χ3v) is 8.43. The van der Waals surface area contributed by atoms with Gasteiger partial charge in [0.05, 0.1) is 11.9 Å². The van der Waals surface area contributed by atoms with Crippen LogP contribution in [-0.4, -0.2) is 78.3 Å². The van der Waals surface area contributed by atoms with Gasteiger partial charge >= 0.3 is 0 Å². The fraction of sp³-hybridized carbons (Fsp3) is 0.622. The largest absolute Gasteiger partial charge is 0.372 e. The van der Waals surface area contributed by atoms with Crippen molar-refractivity contribution in [2.75, 3.05) is 39.8 Å². The van der Waals surface area contributed by atoms with Crippen molar-refractivity contribution in [3.8, 4) is 0 Å². The van der Waals surface area contributed by atoms with Crippen LogP contribution in [0.2, 0.25) is 0 Å². The van der Waals surface area contributed by atoms with Crippen LogP contribution >= 0.6 is 0 Å². The standard InChI is InChI=1S/C32H50N6O.C3H6.C2H6/c1-6-8-30(19-23(2)34-32(39)27-9-7-10-27)38-14-13-26-11-12-28(21-29(26)22-38)31(35-25(4)33)20-24(3)37-17-15-36(5)16-18-37;1-3-2;1-2/h8,11-12,20-21,23,25,27H,6-7,9-10,13-19,22,33H2,1-5H3,(H,34,39);3H,1H2,2H3;1-2H3/b24-20+,30-8-,35-31+;;. The Hall–Kier alpha value is -2.90. The maximum atomic E-state index is 12.5. The highest BCUT2D eigenvalue weighted by Gasteiger charge is 2.27. The Morgan fingerprint density at radius 2 is 1.77 bits per heavy atom. The Balaban J connectivity index is 0.00000127. The molecule has 1 aromatic carbocycles. The number of hydrogen-bond acceptors (Lipinski definition) is 6. The van der Waals surface area contributed by atoms with Crippen LogP contribution in [0.4, 0.5) is 0 Å². The Kier molecular flexibility index (Phi) is 16.5. The van der Waals surface area contributed by atoms with E-state index in [1.807, 2.05) is 27.7 Å². The van der Waals surface area contributed by atoms with Crippen molar-refractivity contribution in [1.82, 2.24) is 20.0 Å². The molecule has 2 heterocycles. The molecular formula is C37H62N6O. The van der Waals surface area contributed by atoms with E-state index in [0.717, 1.165) is 82.6 Å². The van der Waals surface area contributed by atoms with Gasteiger partial charge in [-0.1, -0.05) is 51.5 Å². The molecule has 2 atom stereocenters. The molecule has 1 saturated heterocycles. The number of rotatable bonds is 10. The van der Waals surface area contributed by atoms with Gasteiger partial charge in [0.1, 0.15) is 0 Å². The molecule has 2 unspecified atom stereocenters. The van der Waals surface area contributed by atoms with E-state index >= 15 is 0 Å². The maximum absolute atomic E-state index is 12.5. The molecule has 0 radical (unpaired) electrons. The van der Waals surface area contributed by atoms with Crippen LogP contribution < -0.4 is 11.1 Å². The van der Waals surface area contributed by atoms with Crippen molar-refractivity contribution in [2.45, 2.75) is 106 Å². The SMILES string of the molecule is C=CC.CC.CC/C=C(/CC(C)NC(=O)C1CCC1)N1CCc2ccc(C(/C=C(\C)N3CCN(C)CC3)=N/C(C)N)cc2C1. The number of nitrogens with two attached hydrogens (primary N) is 1. The van der Waals surface area contributed by atoms with E-state index in [4.69, 9.17) is 10.7 Å². The van der Waals surface area contributed by atoms with Crippen molar-refractivity contribution in [2.24, 2.45) is 16.6 Å². The number of benzene rings is 1. The van der Waals surface area contributed by atoms with Gasteiger partial charge in [0, 0.05) is 74.6 Å². The van der Waals surface area contributed by atoms with E-state index in [0.29, 0.717) is 0 Å². The van der Waals surface area contributed by atoms with Crippen molar-refractivity contribution in [1.29, 1.82) is 0 Å². The summed E-state index contributed by atoms with van der Waals surface area (Å²) in [6.07, 6.45) is 12.2. The molecule has 0 spiro atoms. The summed E-state index contributed by atoms with van der Waals surface area (Å²) >= 11 is 0. The lowest BCUT2D eigenvalue weighted by Crippen LogP contribution is -2.43. The summed E-state index contributed by atoms with van der Waals surface area (Å²) in [7, 11) is 2.18. The molecule has 0 aromatic heterocycles. The van der Waals surface area contributed by atoms with Crippen LogP contribution in [0.1, 0.15) is 97.3 Å². The summed E-state index contributed by atoms with van der Waals surface area (Å²) in [5.41, 5.74) is 13.6. The number of nitrogens with one attached hydrogen (secondary N) is 1. The average molecular weight is 607 g/mol. The second-order valence-corrected chi connectivity index (χ2v) is 12.2. The fourth-order valence-corrected chi connectivity index (χ4v) is 5.80. The second kappa shape index (κ2) is 19.5. The molecule has 7 heteroatoms. The van der Waals surface area contributed by atoms with Gasteiger partial charge < -0.3 is 25.8 Å². The molecule has 3 aliphatic rings. The lowest BCUT2D eigenvalue weighted by molar-refractivity contribution is -0.128. The molecule has 246 valence electrons. The van der Waals surface area contributed by atoms with E-state index in [2.05, 4.69) is 84.8 Å². The molecule has 44 heavy (non-hydrogen) atoms. The monoisotopic (exact) mass is 606 g/mol. The summed E-state index contributed by atoms with van der Waals surface area (Å²) in [6, 6.07) is 6.95. The van der Waals surface area contributed by atoms with E-state index < -0.39 is 0 Å². The zero-order valence-electron chi connectivity index (χ0n) is 29.2. The quantitative estimate of drug-likeness (QED) is 0.235. The topological polar surface area (TPSA) is 77.2 Å². The van der Waals surface area contributed by atoms with Gasteiger partial charge in [0.2, 0.25) is 5.91 Å². The first-order chi connectivity index (χ1) is 21.1. The first-order valence-electron chi connectivity index (χ1n) is 17.0. The molecule has 1 amide bonds. The van der Waals surface area contributed by atoms with Gasteiger partial charge in [0.15, 0.2) is 0 Å². The normalized spacial score (nSPS) is 19.3. The zero-order valence-corrected chi connectivity index (χ0v) is 29.2. The zero-order chi connectivity index (χ0) is 32.6. The second-order valence-electron chi connectivity index (χ2n) is 12.2. The number of piperazine rings is 1. The summed E-state index contributed by atoms with van der Waals surface area (Å²) in [5, 5.41) is 3.27. The van der Waals surface area contributed by atoms with Crippen molar-refractivity contribution >= 4 is 11.6 Å². The molecule has 7 nitrogen and oxygen atoms in total. The molecule has 3 N–H and O–H groups in total. The number of aliphatic imine (C=N–C) groups is 1. The van der Waals surface area contributed by atoms with Crippen LogP contribution in [0.5, 0.6) is 0 Å². The molecule has 1 aliphatic carbocycles. The van der Waals surface area contributed by atoms with Crippen LogP contribution in [-0.2, 0) is 17.8 Å². The average Bonchev–Trinajstić information content (AvgIpc) is 2.96. The number of carbonyl (C=O) groups is 1. The Bertz CT molecular complexity index is 1120. The highest BCUT2D eigenvalue weighted by atomic mass is 16.2. The number of fused-ring (bicyclic) bond motifs is 1. The lowest BCUT2D eigenvalue weighted by atomic mass is 9.84. The maximum Gasteiger partial charge on any atom is 0.223 e. The number of nitrogens with zero attached hydrogens (tertiary/aromatic N) is 4. The van der Waals surface area contributed by atoms with Gasteiger partial charge in [-0.3, -0.25) is 9.79 Å². The Morgan fingerprint density at radius 1 is 1.11 bits per heavy atom. The van der Waals surface area contributed by atoms with E-state index in [1.165, 1.54) is 28.9 Å². The smallest absolute Gasteiger partial charge is 0.223 e. The first-order valence-corrected chi connectivity index (χ1v) is 17.0. The van der Waals surface area contributed by atoms with E-state index in [9.17, 15) is 4.79 Å². The minimum absolute atomic E-state index is 0.135. The van der Waals surface area contributed by atoms with E-state index in [1.54, 1.807) is 6.08 Å². The van der Waals surface area contributed by atoms with Crippen molar-refractivity contribution in [3.05, 3.63) is 71.1 Å². The molecule has 0 bridgehead atoms. The van der Waals surface area contributed by atoms with Gasteiger partial charge in [-0.25, -0.2) is 0 Å². The summed E-state index contributed by atoms with van der Waals surface area (Å²) in [5.74, 6) is 0.464. The van der Waals surface area contributed by atoms with Crippen LogP contribution in [0, 0.1) is 5.92 Å². The predicted octanol–water partition coefficient (Wildman–Crippen LogP) is 6.50. The first kappa shape index (κ1) is 37.3. The minimum Gasteiger partial charge on any atom is -0.372 e. The molecule has 1 aromatic rings. The summed E-state index contributed by atoms with van der Waals surface area (Å²) in [6.45, 7) is 23.8. The number of allylic oxidation sites excluding steroid dienone is 4. The fourth-order valence-electron chi connectivity index (χ4n) is 5.80. The van der Waals surface area contributed by atoms with Crippen molar-refractivity contribution in [3.63, 3.8) is 0 Å². The lowest BCUT2D eigenvalue weighted by Gasteiger charge is -2.35. The van der Waals surface area contributed by atoms with Crippen LogP contribution in [0.3, 0.4) is 0 Å². The van der Waals surface area contributed by atoms with Crippen LogP contribution in [0.25, 0.3) is 0 Å².